The number of aryl methyl sites for hydroxylation is 2. The van der Waals surface area contributed by atoms with Gasteiger partial charge in [0.2, 0.25) is 0 Å². The molecule has 2 aromatic rings. The minimum absolute atomic E-state index is 0.120. The average molecular weight is 340 g/mol. The molecule has 0 aliphatic rings. The number of aromatic nitrogens is 2. The second-order valence-electron chi connectivity index (χ2n) is 5.22. The molecule has 1 aromatic heterocycles. The number of anilines is 1. The van der Waals surface area contributed by atoms with Crippen LogP contribution in [0.5, 0.6) is 5.75 Å². The molecule has 0 saturated carbocycles. The van der Waals surface area contributed by atoms with Gasteiger partial charge in [-0.3, -0.25) is 9.48 Å². The van der Waals surface area contributed by atoms with E-state index in [2.05, 4.69) is 10.4 Å². The third kappa shape index (κ3) is 3.82. The van der Waals surface area contributed by atoms with E-state index >= 15 is 0 Å². The van der Waals surface area contributed by atoms with E-state index in [1.54, 1.807) is 18.7 Å². The van der Waals surface area contributed by atoms with Crippen LogP contribution in [-0.4, -0.2) is 21.8 Å². The van der Waals surface area contributed by atoms with Gasteiger partial charge in [0.1, 0.15) is 17.4 Å². The minimum atomic E-state index is -0.794. The quantitative estimate of drug-likeness (QED) is 0.907. The predicted octanol–water partition coefficient (Wildman–Crippen LogP) is 3.49. The van der Waals surface area contributed by atoms with Gasteiger partial charge in [-0.25, -0.2) is 4.39 Å². The van der Waals surface area contributed by atoms with Gasteiger partial charge in [-0.15, -0.1) is 0 Å². The smallest absolute Gasteiger partial charge is 0.266 e. The van der Waals surface area contributed by atoms with Gasteiger partial charge in [-0.1, -0.05) is 18.5 Å². The molecule has 0 spiro atoms. The van der Waals surface area contributed by atoms with Crippen LogP contribution in [-0.2, 0) is 18.3 Å². The Morgan fingerprint density at radius 3 is 2.78 bits per heavy atom. The molecule has 1 amide bonds. The van der Waals surface area contributed by atoms with Crippen molar-refractivity contribution < 1.29 is 13.9 Å². The zero-order valence-electron chi connectivity index (χ0n) is 13.5. The summed E-state index contributed by atoms with van der Waals surface area (Å²) in [4.78, 5) is 12.3. The van der Waals surface area contributed by atoms with Crippen molar-refractivity contribution in [1.29, 1.82) is 0 Å². The minimum Gasteiger partial charge on any atom is -0.479 e. The fourth-order valence-electron chi connectivity index (χ4n) is 2.23. The van der Waals surface area contributed by atoms with E-state index < -0.39 is 11.9 Å². The Hall–Kier alpha value is -2.08. The summed E-state index contributed by atoms with van der Waals surface area (Å²) in [5.74, 6) is 0.0930. The highest BCUT2D eigenvalue weighted by Crippen LogP contribution is 2.26. The maximum absolute atomic E-state index is 13.0. The number of nitrogens with one attached hydrogen (secondary N) is 1. The van der Waals surface area contributed by atoms with E-state index in [9.17, 15) is 9.18 Å². The Morgan fingerprint density at radius 1 is 1.52 bits per heavy atom. The zero-order chi connectivity index (χ0) is 17.1. The lowest BCUT2D eigenvalue weighted by Gasteiger charge is -2.16. The number of rotatable bonds is 5. The van der Waals surface area contributed by atoms with Crippen molar-refractivity contribution >= 4 is 23.3 Å². The van der Waals surface area contributed by atoms with E-state index in [-0.39, 0.29) is 16.7 Å². The van der Waals surface area contributed by atoms with Gasteiger partial charge in [0.05, 0.1) is 10.7 Å². The van der Waals surface area contributed by atoms with Crippen LogP contribution in [0.25, 0.3) is 0 Å². The predicted molar refractivity (Wildman–Crippen MR) is 87.5 cm³/mol. The van der Waals surface area contributed by atoms with Crippen LogP contribution in [0.15, 0.2) is 18.2 Å². The third-order valence-electron chi connectivity index (χ3n) is 3.53. The van der Waals surface area contributed by atoms with Crippen molar-refractivity contribution in [2.45, 2.75) is 33.3 Å². The first-order chi connectivity index (χ1) is 10.8. The van der Waals surface area contributed by atoms with Gasteiger partial charge in [0.15, 0.2) is 6.10 Å². The Labute approximate surface area is 139 Å². The molecule has 0 saturated heterocycles. The van der Waals surface area contributed by atoms with Crippen molar-refractivity contribution in [2.75, 3.05) is 5.32 Å². The van der Waals surface area contributed by atoms with Crippen LogP contribution < -0.4 is 10.1 Å². The number of ether oxygens (including phenoxy) is 1. The molecule has 0 aliphatic carbocycles. The summed E-state index contributed by atoms with van der Waals surface area (Å²) in [7, 11) is 1.77. The maximum Gasteiger partial charge on any atom is 0.266 e. The second-order valence-corrected chi connectivity index (χ2v) is 5.63. The molecule has 1 unspecified atom stereocenters. The lowest BCUT2D eigenvalue weighted by atomic mass is 10.2. The molecule has 1 atom stereocenters. The summed E-state index contributed by atoms with van der Waals surface area (Å²) < 4.78 is 20.2. The van der Waals surface area contributed by atoms with Crippen LogP contribution in [0.1, 0.15) is 25.1 Å². The van der Waals surface area contributed by atoms with Crippen LogP contribution in [0.4, 0.5) is 10.2 Å². The summed E-state index contributed by atoms with van der Waals surface area (Å²) in [6, 6.07) is 3.76. The average Bonchev–Trinajstić information content (AvgIpc) is 2.77. The highest BCUT2D eigenvalue weighted by molar-refractivity contribution is 6.32. The Kier molecular flexibility index (Phi) is 5.26. The number of halogens is 2. The molecule has 0 radical (unpaired) electrons. The Morgan fingerprint density at radius 2 is 2.22 bits per heavy atom. The number of nitrogens with zero attached hydrogens (tertiary/aromatic N) is 2. The molecule has 1 N–H and O–H groups in total. The van der Waals surface area contributed by atoms with Crippen LogP contribution in [0.2, 0.25) is 5.02 Å². The number of amides is 1. The topological polar surface area (TPSA) is 56.2 Å². The van der Waals surface area contributed by atoms with Gasteiger partial charge in [-0.2, -0.15) is 5.10 Å². The van der Waals surface area contributed by atoms with Crippen molar-refractivity contribution in [3.8, 4) is 5.75 Å². The van der Waals surface area contributed by atoms with Gasteiger partial charge in [-0.05, 0) is 38.5 Å². The SMILES string of the molecule is CCc1nn(C)c(NC(=O)C(C)Oc2ccc(F)cc2Cl)c1C. The van der Waals surface area contributed by atoms with Crippen molar-refractivity contribution in [2.24, 2.45) is 7.05 Å². The standard InChI is InChI=1S/C16H19ClFN3O2/c1-5-13-9(2)15(21(4)20-13)19-16(22)10(3)23-14-7-6-11(18)8-12(14)17/h6-8,10H,5H2,1-4H3,(H,19,22). The lowest BCUT2D eigenvalue weighted by molar-refractivity contribution is -0.122. The maximum atomic E-state index is 13.0. The molecular weight excluding hydrogens is 321 g/mol. The molecule has 1 aromatic carbocycles. The number of hydrogen-bond donors (Lipinski definition) is 1. The summed E-state index contributed by atoms with van der Waals surface area (Å²) in [5, 5.41) is 7.27. The molecule has 124 valence electrons. The summed E-state index contributed by atoms with van der Waals surface area (Å²) in [6.07, 6.45) is -0.00962. The Balaban J connectivity index is 2.10. The highest BCUT2D eigenvalue weighted by Gasteiger charge is 2.20. The van der Waals surface area contributed by atoms with Crippen LogP contribution in [0.3, 0.4) is 0 Å². The highest BCUT2D eigenvalue weighted by atomic mass is 35.5. The lowest BCUT2D eigenvalue weighted by Crippen LogP contribution is -2.31. The van der Waals surface area contributed by atoms with E-state index in [1.165, 1.54) is 12.1 Å². The van der Waals surface area contributed by atoms with Gasteiger partial charge in [0, 0.05) is 12.6 Å². The van der Waals surface area contributed by atoms with Crippen LogP contribution in [0, 0.1) is 12.7 Å². The fraction of sp³-hybridized carbons (Fsp3) is 0.375. The zero-order valence-corrected chi connectivity index (χ0v) is 14.2. The van der Waals surface area contributed by atoms with Crippen molar-refractivity contribution in [1.82, 2.24) is 9.78 Å². The summed E-state index contributed by atoms with van der Waals surface area (Å²) in [6.45, 7) is 5.51. The largest absolute Gasteiger partial charge is 0.479 e. The van der Waals surface area contributed by atoms with Crippen molar-refractivity contribution in [3.05, 3.63) is 40.3 Å². The molecular formula is C16H19ClFN3O2. The molecule has 0 aliphatic heterocycles. The first kappa shape index (κ1) is 17.3. The van der Waals surface area contributed by atoms with Gasteiger partial charge >= 0.3 is 0 Å². The van der Waals surface area contributed by atoms with E-state index in [0.717, 1.165) is 23.7 Å². The molecule has 7 heteroatoms. The first-order valence-electron chi connectivity index (χ1n) is 7.28. The summed E-state index contributed by atoms with van der Waals surface area (Å²) in [5.41, 5.74) is 1.85. The molecule has 23 heavy (non-hydrogen) atoms. The van der Waals surface area contributed by atoms with Crippen molar-refractivity contribution in [3.63, 3.8) is 0 Å². The normalized spacial score (nSPS) is 12.1. The molecule has 0 fully saturated rings. The molecule has 1 heterocycles. The number of carbonyl (C=O) groups is 1. The molecule has 0 bridgehead atoms. The Bertz CT molecular complexity index is 730. The van der Waals surface area contributed by atoms with E-state index in [4.69, 9.17) is 16.3 Å². The number of benzene rings is 1. The number of hydrogen-bond acceptors (Lipinski definition) is 3. The monoisotopic (exact) mass is 339 g/mol. The van der Waals surface area contributed by atoms with Gasteiger partial charge in [0.25, 0.3) is 5.91 Å². The van der Waals surface area contributed by atoms with E-state index in [1.807, 2.05) is 13.8 Å². The van der Waals surface area contributed by atoms with Crippen LogP contribution >= 0.6 is 11.6 Å². The fourth-order valence-corrected chi connectivity index (χ4v) is 2.44. The summed E-state index contributed by atoms with van der Waals surface area (Å²) >= 11 is 5.90. The molecule has 5 nitrogen and oxygen atoms in total. The number of carbonyl (C=O) groups excluding carboxylic acids is 1. The van der Waals surface area contributed by atoms with E-state index in [0.29, 0.717) is 5.82 Å². The third-order valence-corrected chi connectivity index (χ3v) is 3.82. The second kappa shape index (κ2) is 7.00. The van der Waals surface area contributed by atoms with Gasteiger partial charge < -0.3 is 10.1 Å². The molecule has 2 rings (SSSR count). The first-order valence-corrected chi connectivity index (χ1v) is 7.66.